The van der Waals surface area contributed by atoms with Crippen LogP contribution in [-0.2, 0) is 26.5 Å². The third kappa shape index (κ3) is 5.38. The molecule has 29 heavy (non-hydrogen) atoms. The Morgan fingerprint density at radius 1 is 1.07 bits per heavy atom. The number of hydrogen-bond acceptors (Lipinski definition) is 5. The molecule has 2 saturated heterocycles. The van der Waals surface area contributed by atoms with Crippen LogP contribution >= 0.6 is 0 Å². The van der Waals surface area contributed by atoms with Crippen LogP contribution in [0.25, 0.3) is 0 Å². The van der Waals surface area contributed by atoms with Crippen LogP contribution in [0.5, 0.6) is 0 Å². The Morgan fingerprint density at radius 3 is 2.41 bits per heavy atom. The maximum Gasteiger partial charge on any atom is 0.243 e. The van der Waals surface area contributed by atoms with E-state index >= 15 is 0 Å². The fraction of sp³-hybridized carbons (Fsp3) is 0.700. The first-order chi connectivity index (χ1) is 13.7. The van der Waals surface area contributed by atoms with E-state index in [-0.39, 0.29) is 12.6 Å². The zero-order valence-corrected chi connectivity index (χ0v) is 19.1. The number of benzene rings is 1. The number of hydrogen-bond donors (Lipinski definition) is 0. The topological polar surface area (TPSA) is 78.0 Å². The van der Waals surface area contributed by atoms with Crippen LogP contribution in [0.3, 0.4) is 0 Å². The lowest BCUT2D eigenvalue weighted by Crippen LogP contribution is -2.43. The summed E-state index contributed by atoms with van der Waals surface area (Å²) in [6.45, 7) is 6.02. The molecule has 0 aromatic heterocycles. The quantitative estimate of drug-likeness (QED) is 0.581. The fourth-order valence-corrected chi connectivity index (χ4v) is 7.39. The Balaban J connectivity index is 1.69. The van der Waals surface area contributed by atoms with Gasteiger partial charge in [-0.3, -0.25) is 0 Å². The summed E-state index contributed by atoms with van der Waals surface area (Å²) in [4.78, 5) is 2.70. The van der Waals surface area contributed by atoms with Gasteiger partial charge in [0.1, 0.15) is 0 Å². The second kappa shape index (κ2) is 9.43. The lowest BCUT2D eigenvalue weighted by atomic mass is 10.2. The number of sulfonamides is 2. The normalized spacial score (nSPS) is 22.0. The predicted octanol–water partition coefficient (Wildman–Crippen LogP) is 1.76. The van der Waals surface area contributed by atoms with Crippen molar-refractivity contribution >= 4 is 20.0 Å². The molecule has 2 heterocycles. The van der Waals surface area contributed by atoms with Gasteiger partial charge in [0.05, 0.1) is 11.2 Å². The highest BCUT2D eigenvalue weighted by Gasteiger charge is 2.38. The number of rotatable bonds is 9. The minimum absolute atomic E-state index is 0.219. The molecule has 2 aliphatic rings. The lowest BCUT2D eigenvalue weighted by Gasteiger charge is -2.27. The van der Waals surface area contributed by atoms with Crippen molar-refractivity contribution in [2.24, 2.45) is 0 Å². The Labute approximate surface area is 175 Å². The van der Waals surface area contributed by atoms with Gasteiger partial charge in [0.2, 0.25) is 20.0 Å². The molecule has 1 aromatic rings. The van der Waals surface area contributed by atoms with Crippen LogP contribution in [0.4, 0.5) is 0 Å². The Kier molecular flexibility index (Phi) is 7.37. The highest BCUT2D eigenvalue weighted by atomic mass is 32.2. The van der Waals surface area contributed by atoms with Gasteiger partial charge in [-0.05, 0) is 63.4 Å². The van der Waals surface area contributed by atoms with Crippen molar-refractivity contribution in [3.8, 4) is 0 Å². The van der Waals surface area contributed by atoms with Crippen LogP contribution in [0.1, 0.15) is 38.2 Å². The molecule has 164 valence electrons. The van der Waals surface area contributed by atoms with E-state index in [1.54, 1.807) is 12.1 Å². The van der Waals surface area contributed by atoms with Gasteiger partial charge in [-0.15, -0.1) is 0 Å². The van der Waals surface area contributed by atoms with E-state index in [9.17, 15) is 16.8 Å². The number of likely N-dealkylation sites (tertiary alicyclic amines) is 1. The Bertz CT molecular complexity index is 896. The second-order valence-corrected chi connectivity index (χ2v) is 11.9. The highest BCUT2D eigenvalue weighted by molar-refractivity contribution is 7.89. The van der Waals surface area contributed by atoms with Crippen molar-refractivity contribution < 1.29 is 16.8 Å². The van der Waals surface area contributed by atoms with Gasteiger partial charge >= 0.3 is 0 Å². The van der Waals surface area contributed by atoms with Crippen LogP contribution in [0, 0.1) is 0 Å². The molecule has 0 spiro atoms. The van der Waals surface area contributed by atoms with Crippen LogP contribution in [0.15, 0.2) is 29.2 Å². The van der Waals surface area contributed by atoms with Gasteiger partial charge < -0.3 is 4.90 Å². The summed E-state index contributed by atoms with van der Waals surface area (Å²) in [5.41, 5.74) is 0.793. The van der Waals surface area contributed by atoms with Crippen molar-refractivity contribution in [1.82, 2.24) is 13.5 Å². The summed E-state index contributed by atoms with van der Waals surface area (Å²) in [5, 5.41) is 0. The van der Waals surface area contributed by atoms with Gasteiger partial charge in [0.25, 0.3) is 0 Å². The smallest absolute Gasteiger partial charge is 0.243 e. The second-order valence-electron chi connectivity index (χ2n) is 8.04. The summed E-state index contributed by atoms with van der Waals surface area (Å²) in [6.07, 6.45) is 5.60. The van der Waals surface area contributed by atoms with Gasteiger partial charge in [-0.25, -0.2) is 16.8 Å². The van der Waals surface area contributed by atoms with Gasteiger partial charge in [-0.1, -0.05) is 25.1 Å². The molecule has 2 aliphatic heterocycles. The van der Waals surface area contributed by atoms with Crippen molar-refractivity contribution in [3.63, 3.8) is 0 Å². The molecule has 0 radical (unpaired) electrons. The van der Waals surface area contributed by atoms with Crippen LogP contribution in [0.2, 0.25) is 0 Å². The first-order valence-electron chi connectivity index (χ1n) is 10.5. The molecule has 0 saturated carbocycles. The average Bonchev–Trinajstić information content (AvgIpc) is 3.36. The molecule has 0 bridgehead atoms. The third-order valence-corrected chi connectivity index (χ3v) is 9.28. The molecular formula is C20H33N3O4S2. The third-order valence-electron chi connectivity index (χ3n) is 5.98. The van der Waals surface area contributed by atoms with Crippen molar-refractivity contribution in [1.29, 1.82) is 0 Å². The molecule has 0 N–H and O–H groups in total. The van der Waals surface area contributed by atoms with Crippen LogP contribution in [-0.4, -0.2) is 81.9 Å². The lowest BCUT2D eigenvalue weighted by molar-refractivity contribution is 0.282. The standard InChI is InChI=1S/C20H33N3O4S2/c1-3-18-9-4-5-10-20(18)29(26,27)22-16-11-19(17-22)23(28(2,24)25)15-8-14-21-12-6-7-13-21/h4-5,9-10,19H,3,6-8,11-17H2,1-2H3. The molecule has 7 nitrogen and oxygen atoms in total. The number of aryl methyl sites for hydroxylation is 1. The molecule has 1 atom stereocenters. The molecule has 3 rings (SSSR count). The van der Waals surface area contributed by atoms with Crippen LogP contribution < -0.4 is 0 Å². The monoisotopic (exact) mass is 443 g/mol. The first kappa shape index (κ1) is 22.7. The SMILES string of the molecule is CCc1ccccc1S(=O)(=O)N1CCC(N(CCCN2CCCC2)S(C)(=O)=O)C1. The van der Waals surface area contributed by atoms with Gasteiger partial charge in [-0.2, -0.15) is 8.61 Å². The van der Waals surface area contributed by atoms with E-state index in [1.165, 1.54) is 27.7 Å². The maximum atomic E-state index is 13.2. The maximum absolute atomic E-state index is 13.2. The van der Waals surface area contributed by atoms with Crippen molar-refractivity contribution in [2.45, 2.75) is 50.0 Å². The Hall–Kier alpha value is -1.00. The molecule has 9 heteroatoms. The fourth-order valence-electron chi connectivity index (χ4n) is 4.43. The first-order valence-corrected chi connectivity index (χ1v) is 13.8. The molecule has 0 amide bonds. The van der Waals surface area contributed by atoms with E-state index < -0.39 is 20.0 Å². The highest BCUT2D eigenvalue weighted by Crippen LogP contribution is 2.27. The van der Waals surface area contributed by atoms with Crippen molar-refractivity contribution in [2.75, 3.05) is 45.5 Å². The van der Waals surface area contributed by atoms with E-state index in [0.29, 0.717) is 30.8 Å². The van der Waals surface area contributed by atoms with E-state index in [2.05, 4.69) is 4.90 Å². The summed E-state index contributed by atoms with van der Waals surface area (Å²) in [5.74, 6) is 0. The van der Waals surface area contributed by atoms with E-state index in [0.717, 1.165) is 31.6 Å². The molecule has 1 unspecified atom stereocenters. The van der Waals surface area contributed by atoms with E-state index in [1.807, 2.05) is 19.1 Å². The predicted molar refractivity (Wildman–Crippen MR) is 115 cm³/mol. The minimum atomic E-state index is -3.62. The zero-order chi connectivity index (χ0) is 21.1. The average molecular weight is 444 g/mol. The molecule has 1 aromatic carbocycles. The zero-order valence-electron chi connectivity index (χ0n) is 17.5. The molecule has 0 aliphatic carbocycles. The molecular weight excluding hydrogens is 410 g/mol. The largest absolute Gasteiger partial charge is 0.303 e. The molecule has 2 fully saturated rings. The van der Waals surface area contributed by atoms with Gasteiger partial charge in [0, 0.05) is 25.7 Å². The Morgan fingerprint density at radius 2 is 1.76 bits per heavy atom. The van der Waals surface area contributed by atoms with Gasteiger partial charge in [0.15, 0.2) is 0 Å². The number of nitrogens with zero attached hydrogens (tertiary/aromatic N) is 3. The minimum Gasteiger partial charge on any atom is -0.303 e. The van der Waals surface area contributed by atoms with E-state index in [4.69, 9.17) is 0 Å². The summed E-state index contributed by atoms with van der Waals surface area (Å²) < 4.78 is 54.1. The summed E-state index contributed by atoms with van der Waals surface area (Å²) in [6, 6.07) is 6.76. The summed E-state index contributed by atoms with van der Waals surface area (Å²) >= 11 is 0. The summed E-state index contributed by atoms with van der Waals surface area (Å²) in [7, 11) is -7.02. The van der Waals surface area contributed by atoms with Crippen molar-refractivity contribution in [3.05, 3.63) is 29.8 Å².